The average molecular weight is 310 g/mol. The zero-order valence-electron chi connectivity index (χ0n) is 10.6. The van der Waals surface area contributed by atoms with E-state index in [4.69, 9.17) is 27.9 Å². The molecule has 0 saturated heterocycles. The van der Waals surface area contributed by atoms with Crippen molar-refractivity contribution >= 4 is 29.1 Å². The number of carbonyl (C=O) groups excluding carboxylic acids is 1. The molecule has 2 aromatic rings. The molecule has 20 heavy (non-hydrogen) atoms. The summed E-state index contributed by atoms with van der Waals surface area (Å²) in [5.74, 6) is 0.314. The summed E-state index contributed by atoms with van der Waals surface area (Å²) >= 11 is 11.7. The van der Waals surface area contributed by atoms with Gasteiger partial charge in [0.1, 0.15) is 5.75 Å². The van der Waals surface area contributed by atoms with Crippen LogP contribution in [0.15, 0.2) is 48.5 Å². The van der Waals surface area contributed by atoms with E-state index in [0.29, 0.717) is 22.3 Å². The van der Waals surface area contributed by atoms with E-state index < -0.39 is 0 Å². The number of carbonyl (C=O) groups is 1. The van der Waals surface area contributed by atoms with E-state index in [9.17, 15) is 4.79 Å². The fourth-order valence-corrected chi connectivity index (χ4v) is 1.85. The molecule has 104 valence electrons. The number of nitrogens with one attached hydrogen (secondary N) is 1. The minimum Gasteiger partial charge on any atom is -0.484 e. The summed E-state index contributed by atoms with van der Waals surface area (Å²) in [5.41, 5.74) is 1.04. The molecule has 0 aliphatic carbocycles. The monoisotopic (exact) mass is 309 g/mol. The number of halogens is 2. The Labute approximate surface area is 127 Å². The molecule has 0 atom stereocenters. The van der Waals surface area contributed by atoms with E-state index >= 15 is 0 Å². The van der Waals surface area contributed by atoms with Crippen LogP contribution in [-0.4, -0.2) is 12.5 Å². The van der Waals surface area contributed by atoms with Gasteiger partial charge in [0, 0.05) is 12.6 Å². The van der Waals surface area contributed by atoms with Crippen molar-refractivity contribution in [3.05, 3.63) is 64.1 Å². The Hall–Kier alpha value is -1.71. The van der Waals surface area contributed by atoms with Crippen LogP contribution < -0.4 is 10.1 Å². The minimum absolute atomic E-state index is 0.0647. The zero-order valence-corrected chi connectivity index (χ0v) is 12.1. The second-order valence-corrected chi connectivity index (χ2v) is 4.94. The molecule has 2 aromatic carbocycles. The van der Waals surface area contributed by atoms with Gasteiger partial charge in [-0.05, 0) is 17.7 Å². The van der Waals surface area contributed by atoms with Crippen molar-refractivity contribution in [2.45, 2.75) is 6.54 Å². The van der Waals surface area contributed by atoms with E-state index in [-0.39, 0.29) is 12.5 Å². The van der Waals surface area contributed by atoms with Crippen molar-refractivity contribution in [2.24, 2.45) is 0 Å². The standard InChI is InChI=1S/C15H13Cl2NO2/c16-13-7-6-12(8-14(13)17)20-10-15(19)18-9-11-4-2-1-3-5-11/h1-8H,9-10H2,(H,18,19). The predicted molar refractivity (Wildman–Crippen MR) is 80.2 cm³/mol. The van der Waals surface area contributed by atoms with Gasteiger partial charge in [-0.2, -0.15) is 0 Å². The lowest BCUT2D eigenvalue weighted by atomic mass is 10.2. The van der Waals surface area contributed by atoms with Gasteiger partial charge in [0.25, 0.3) is 5.91 Å². The van der Waals surface area contributed by atoms with Crippen LogP contribution in [0.3, 0.4) is 0 Å². The molecule has 5 heteroatoms. The largest absolute Gasteiger partial charge is 0.484 e. The van der Waals surface area contributed by atoms with Crippen molar-refractivity contribution in [1.29, 1.82) is 0 Å². The number of benzene rings is 2. The molecular formula is C15H13Cl2NO2. The normalized spacial score (nSPS) is 10.1. The molecule has 0 aliphatic rings. The van der Waals surface area contributed by atoms with E-state index in [1.54, 1.807) is 18.2 Å². The molecule has 0 spiro atoms. The fraction of sp³-hybridized carbons (Fsp3) is 0.133. The first-order valence-electron chi connectivity index (χ1n) is 6.03. The summed E-state index contributed by atoms with van der Waals surface area (Å²) in [7, 11) is 0. The maximum atomic E-state index is 11.6. The van der Waals surface area contributed by atoms with Crippen LogP contribution in [0.1, 0.15) is 5.56 Å². The number of amides is 1. The van der Waals surface area contributed by atoms with Crippen LogP contribution in [0.5, 0.6) is 5.75 Å². The van der Waals surface area contributed by atoms with Gasteiger partial charge in [0.15, 0.2) is 6.61 Å². The lowest BCUT2D eigenvalue weighted by molar-refractivity contribution is -0.123. The third-order valence-electron chi connectivity index (χ3n) is 2.59. The first kappa shape index (κ1) is 14.7. The van der Waals surface area contributed by atoms with E-state index in [1.807, 2.05) is 30.3 Å². The summed E-state index contributed by atoms with van der Waals surface area (Å²) < 4.78 is 5.34. The highest BCUT2D eigenvalue weighted by Gasteiger charge is 2.04. The van der Waals surface area contributed by atoms with Crippen molar-refractivity contribution < 1.29 is 9.53 Å². The number of ether oxygens (including phenoxy) is 1. The first-order valence-corrected chi connectivity index (χ1v) is 6.79. The maximum Gasteiger partial charge on any atom is 0.258 e. The second kappa shape index (κ2) is 7.17. The van der Waals surface area contributed by atoms with Gasteiger partial charge >= 0.3 is 0 Å². The Balaban J connectivity index is 1.79. The van der Waals surface area contributed by atoms with E-state index in [0.717, 1.165) is 5.56 Å². The highest BCUT2D eigenvalue weighted by atomic mass is 35.5. The van der Waals surface area contributed by atoms with Gasteiger partial charge in [0.2, 0.25) is 0 Å². The molecule has 1 N–H and O–H groups in total. The molecular weight excluding hydrogens is 297 g/mol. The smallest absolute Gasteiger partial charge is 0.258 e. The Morgan fingerprint density at radius 2 is 1.80 bits per heavy atom. The summed E-state index contributed by atoms with van der Waals surface area (Å²) in [4.78, 5) is 11.6. The van der Waals surface area contributed by atoms with Crippen LogP contribution in [-0.2, 0) is 11.3 Å². The third-order valence-corrected chi connectivity index (χ3v) is 3.33. The Bertz CT molecular complexity index is 588. The molecule has 0 aliphatic heterocycles. The van der Waals surface area contributed by atoms with Gasteiger partial charge in [-0.25, -0.2) is 0 Å². The SMILES string of the molecule is O=C(COc1ccc(Cl)c(Cl)c1)NCc1ccccc1. The van der Waals surface area contributed by atoms with E-state index in [2.05, 4.69) is 5.32 Å². The van der Waals surface area contributed by atoms with Crippen molar-refractivity contribution in [2.75, 3.05) is 6.61 Å². The average Bonchev–Trinajstić information content (AvgIpc) is 2.47. The molecule has 0 heterocycles. The van der Waals surface area contributed by atoms with Gasteiger partial charge in [0.05, 0.1) is 10.0 Å². The Morgan fingerprint density at radius 1 is 1.05 bits per heavy atom. The second-order valence-electron chi connectivity index (χ2n) is 4.13. The predicted octanol–water partition coefficient (Wildman–Crippen LogP) is 3.69. The van der Waals surface area contributed by atoms with Crippen LogP contribution in [0.25, 0.3) is 0 Å². The van der Waals surface area contributed by atoms with Crippen molar-refractivity contribution in [3.8, 4) is 5.75 Å². The lowest BCUT2D eigenvalue weighted by Gasteiger charge is -2.08. The number of hydrogen-bond donors (Lipinski definition) is 1. The van der Waals surface area contributed by atoms with Crippen LogP contribution in [0.2, 0.25) is 10.0 Å². The molecule has 0 aromatic heterocycles. The number of rotatable bonds is 5. The van der Waals surface area contributed by atoms with Gasteiger partial charge in [-0.15, -0.1) is 0 Å². The summed E-state index contributed by atoms with van der Waals surface area (Å²) in [6.07, 6.45) is 0. The minimum atomic E-state index is -0.195. The summed E-state index contributed by atoms with van der Waals surface area (Å²) in [5, 5.41) is 3.62. The topological polar surface area (TPSA) is 38.3 Å². The molecule has 2 rings (SSSR count). The maximum absolute atomic E-state index is 11.6. The Morgan fingerprint density at radius 3 is 2.50 bits per heavy atom. The molecule has 0 bridgehead atoms. The molecule has 0 radical (unpaired) electrons. The van der Waals surface area contributed by atoms with Crippen molar-refractivity contribution in [3.63, 3.8) is 0 Å². The van der Waals surface area contributed by atoms with Crippen molar-refractivity contribution in [1.82, 2.24) is 5.32 Å². The highest BCUT2D eigenvalue weighted by Crippen LogP contribution is 2.26. The molecule has 0 saturated carbocycles. The first-order chi connectivity index (χ1) is 9.65. The summed E-state index contributed by atoms with van der Waals surface area (Å²) in [6, 6.07) is 14.5. The fourth-order valence-electron chi connectivity index (χ4n) is 1.56. The van der Waals surface area contributed by atoms with Gasteiger partial charge in [-0.3, -0.25) is 4.79 Å². The van der Waals surface area contributed by atoms with Crippen LogP contribution in [0.4, 0.5) is 0 Å². The van der Waals surface area contributed by atoms with Crippen LogP contribution >= 0.6 is 23.2 Å². The van der Waals surface area contributed by atoms with Gasteiger partial charge < -0.3 is 10.1 Å². The highest BCUT2D eigenvalue weighted by molar-refractivity contribution is 6.42. The van der Waals surface area contributed by atoms with Crippen LogP contribution in [0, 0.1) is 0 Å². The molecule has 0 unspecified atom stereocenters. The molecule has 0 fully saturated rings. The number of hydrogen-bond acceptors (Lipinski definition) is 2. The molecule has 1 amide bonds. The molecule has 3 nitrogen and oxygen atoms in total. The summed E-state index contributed by atoms with van der Waals surface area (Å²) in [6.45, 7) is 0.412. The zero-order chi connectivity index (χ0) is 14.4. The third kappa shape index (κ3) is 4.44. The van der Waals surface area contributed by atoms with Gasteiger partial charge in [-0.1, -0.05) is 53.5 Å². The lowest BCUT2D eigenvalue weighted by Crippen LogP contribution is -2.28. The Kier molecular flexibility index (Phi) is 5.27. The quantitative estimate of drug-likeness (QED) is 0.914. The van der Waals surface area contributed by atoms with E-state index in [1.165, 1.54) is 0 Å².